The fourth-order valence-electron chi connectivity index (χ4n) is 3.74. The molecule has 0 bridgehead atoms. The van der Waals surface area contributed by atoms with Crippen molar-refractivity contribution in [1.29, 1.82) is 0 Å². The van der Waals surface area contributed by atoms with Gasteiger partial charge in [0.15, 0.2) is 0 Å². The Kier molecular flexibility index (Phi) is 10.3. The first-order valence-electron chi connectivity index (χ1n) is 12.2. The second-order valence-corrected chi connectivity index (χ2v) is 9.04. The molecule has 2 heterocycles. The molecule has 0 spiro atoms. The topological polar surface area (TPSA) is 113 Å². The van der Waals surface area contributed by atoms with Gasteiger partial charge in [0, 0.05) is 23.1 Å². The summed E-state index contributed by atoms with van der Waals surface area (Å²) in [6.07, 6.45) is 4.35. The van der Waals surface area contributed by atoms with Crippen molar-refractivity contribution >= 4 is 46.0 Å². The Balaban J connectivity index is 0.000000202. The maximum atomic E-state index is 12.8. The molecular formula is C29H31ClN6OS. The van der Waals surface area contributed by atoms with Crippen LogP contribution >= 0.6 is 23.4 Å². The van der Waals surface area contributed by atoms with Crippen LogP contribution in [0.3, 0.4) is 0 Å². The Labute approximate surface area is 231 Å². The second-order valence-electron chi connectivity index (χ2n) is 7.75. The molecule has 0 saturated heterocycles. The average molecular weight is 547 g/mol. The molecule has 196 valence electrons. The molecule has 2 aromatic heterocycles. The van der Waals surface area contributed by atoms with Gasteiger partial charge < -0.3 is 11.5 Å². The standard InChI is InChI=1S/C16H13ClN2O.C11H12N4S.C2H6/c1-2-14-18-13-10-6-9-12(17)15(13)16(20)19(14)11-7-4-3-5-8-11;1-16-8-4-2-3-7(5-8)9-6-14-11(13)15-10(9)12;1-2/h3-10H,2H2,1H3;2-6H,1H3,(H4,12,13,14,15);1-2H3. The predicted molar refractivity (Wildman–Crippen MR) is 161 cm³/mol. The van der Waals surface area contributed by atoms with Gasteiger partial charge in [0.1, 0.15) is 11.6 Å². The van der Waals surface area contributed by atoms with Crippen LogP contribution in [0.1, 0.15) is 26.6 Å². The third-order valence-corrected chi connectivity index (χ3v) is 6.50. The van der Waals surface area contributed by atoms with Gasteiger partial charge in [-0.2, -0.15) is 4.98 Å². The largest absolute Gasteiger partial charge is 0.383 e. The van der Waals surface area contributed by atoms with E-state index in [-0.39, 0.29) is 11.5 Å². The molecule has 5 aromatic rings. The summed E-state index contributed by atoms with van der Waals surface area (Å²) in [7, 11) is 0. The third-order valence-electron chi connectivity index (χ3n) is 5.46. The average Bonchev–Trinajstić information content (AvgIpc) is 2.94. The zero-order valence-electron chi connectivity index (χ0n) is 21.9. The number of nitrogens with two attached hydrogens (primary N) is 2. The minimum Gasteiger partial charge on any atom is -0.383 e. The summed E-state index contributed by atoms with van der Waals surface area (Å²) >= 11 is 7.84. The van der Waals surface area contributed by atoms with Crippen LogP contribution in [0.4, 0.5) is 11.8 Å². The SMILES string of the molecule is CC.CCc1nc2cccc(Cl)c2c(=O)n1-c1ccccc1.CSc1cccc(-c2cnc(N)nc2N)c1. The number of thioether (sulfide) groups is 1. The first kappa shape index (κ1) is 28.7. The lowest BCUT2D eigenvalue weighted by atomic mass is 10.1. The van der Waals surface area contributed by atoms with Crippen LogP contribution in [0.2, 0.25) is 5.02 Å². The molecule has 0 fully saturated rings. The Bertz CT molecular complexity index is 1570. The molecule has 0 atom stereocenters. The smallest absolute Gasteiger partial charge is 0.267 e. The molecule has 0 unspecified atom stereocenters. The number of fused-ring (bicyclic) bond motifs is 1. The van der Waals surface area contributed by atoms with Crippen LogP contribution in [-0.2, 0) is 6.42 Å². The Morgan fingerprint density at radius 2 is 1.66 bits per heavy atom. The Morgan fingerprint density at radius 1 is 0.947 bits per heavy atom. The maximum absolute atomic E-state index is 12.8. The molecule has 4 N–H and O–H groups in total. The number of aromatic nitrogens is 4. The quantitative estimate of drug-likeness (QED) is 0.242. The molecule has 0 radical (unpaired) electrons. The molecule has 0 aliphatic rings. The molecule has 0 amide bonds. The summed E-state index contributed by atoms with van der Waals surface area (Å²) in [4.78, 5) is 26.4. The van der Waals surface area contributed by atoms with Crippen LogP contribution < -0.4 is 17.0 Å². The normalized spacial score (nSPS) is 10.2. The highest BCUT2D eigenvalue weighted by Gasteiger charge is 2.13. The van der Waals surface area contributed by atoms with E-state index in [1.165, 1.54) is 4.90 Å². The van der Waals surface area contributed by atoms with Gasteiger partial charge in [-0.3, -0.25) is 9.36 Å². The number of nitrogens with zero attached hydrogens (tertiary/aromatic N) is 4. The highest BCUT2D eigenvalue weighted by molar-refractivity contribution is 7.98. The van der Waals surface area contributed by atoms with Crippen molar-refractivity contribution in [2.24, 2.45) is 0 Å². The number of hydrogen-bond acceptors (Lipinski definition) is 7. The number of hydrogen-bond donors (Lipinski definition) is 2. The van der Waals surface area contributed by atoms with Gasteiger partial charge in [0.2, 0.25) is 5.95 Å². The molecular weight excluding hydrogens is 516 g/mol. The lowest BCUT2D eigenvalue weighted by molar-refractivity contribution is 0.833. The number of para-hydroxylation sites is 1. The molecule has 38 heavy (non-hydrogen) atoms. The van der Waals surface area contributed by atoms with Gasteiger partial charge >= 0.3 is 0 Å². The number of aryl methyl sites for hydroxylation is 1. The van der Waals surface area contributed by atoms with E-state index in [0.29, 0.717) is 28.2 Å². The monoisotopic (exact) mass is 546 g/mol. The van der Waals surface area contributed by atoms with E-state index >= 15 is 0 Å². The van der Waals surface area contributed by atoms with E-state index in [0.717, 1.165) is 22.6 Å². The molecule has 3 aromatic carbocycles. The zero-order valence-corrected chi connectivity index (χ0v) is 23.4. The summed E-state index contributed by atoms with van der Waals surface area (Å²) < 4.78 is 1.63. The van der Waals surface area contributed by atoms with E-state index in [4.69, 9.17) is 23.1 Å². The van der Waals surface area contributed by atoms with Gasteiger partial charge in [-0.05, 0) is 48.2 Å². The van der Waals surface area contributed by atoms with E-state index in [2.05, 4.69) is 21.0 Å². The van der Waals surface area contributed by atoms with Crippen molar-refractivity contribution in [2.75, 3.05) is 17.7 Å². The number of benzene rings is 3. The van der Waals surface area contributed by atoms with Crippen LogP contribution in [0.15, 0.2) is 88.7 Å². The van der Waals surface area contributed by atoms with Crippen LogP contribution in [-0.4, -0.2) is 25.8 Å². The minimum atomic E-state index is -0.122. The number of rotatable bonds is 4. The van der Waals surface area contributed by atoms with E-state index in [1.54, 1.807) is 28.6 Å². The first-order chi connectivity index (χ1) is 18.4. The van der Waals surface area contributed by atoms with E-state index < -0.39 is 0 Å². The maximum Gasteiger partial charge on any atom is 0.267 e. The molecule has 0 saturated carbocycles. The van der Waals surface area contributed by atoms with Crippen LogP contribution in [0.5, 0.6) is 0 Å². The number of nitrogen functional groups attached to an aromatic ring is 2. The van der Waals surface area contributed by atoms with Crippen LogP contribution in [0, 0.1) is 0 Å². The van der Waals surface area contributed by atoms with Crippen molar-refractivity contribution in [3.05, 3.63) is 100 Å². The van der Waals surface area contributed by atoms with Gasteiger partial charge in [0.05, 0.1) is 21.6 Å². The highest BCUT2D eigenvalue weighted by Crippen LogP contribution is 2.27. The lowest BCUT2D eigenvalue weighted by Crippen LogP contribution is -2.23. The van der Waals surface area contributed by atoms with E-state index in [9.17, 15) is 4.79 Å². The van der Waals surface area contributed by atoms with Gasteiger partial charge in [0.25, 0.3) is 5.56 Å². The summed E-state index contributed by atoms with van der Waals surface area (Å²) in [6, 6.07) is 22.9. The Morgan fingerprint density at radius 3 is 2.32 bits per heavy atom. The summed E-state index contributed by atoms with van der Waals surface area (Å²) in [5.41, 5.74) is 14.4. The molecule has 7 nitrogen and oxygen atoms in total. The van der Waals surface area contributed by atoms with Crippen LogP contribution in [0.25, 0.3) is 27.7 Å². The van der Waals surface area contributed by atoms with Gasteiger partial charge in [-0.15, -0.1) is 11.8 Å². The predicted octanol–water partition coefficient (Wildman–Crippen LogP) is 6.66. The second kappa shape index (κ2) is 13.6. The molecule has 0 aliphatic carbocycles. The van der Waals surface area contributed by atoms with Gasteiger partial charge in [-0.1, -0.05) is 68.8 Å². The van der Waals surface area contributed by atoms with Crippen molar-refractivity contribution in [3.8, 4) is 16.8 Å². The first-order valence-corrected chi connectivity index (χ1v) is 13.8. The fourth-order valence-corrected chi connectivity index (χ4v) is 4.45. The third kappa shape index (κ3) is 6.51. The Hall–Kier alpha value is -3.88. The van der Waals surface area contributed by atoms with Crippen molar-refractivity contribution in [2.45, 2.75) is 32.1 Å². The molecule has 5 rings (SSSR count). The van der Waals surface area contributed by atoms with E-state index in [1.807, 2.05) is 87.7 Å². The number of anilines is 2. The minimum absolute atomic E-state index is 0.122. The summed E-state index contributed by atoms with van der Waals surface area (Å²) in [6.45, 7) is 5.98. The van der Waals surface area contributed by atoms with Crippen molar-refractivity contribution in [1.82, 2.24) is 19.5 Å². The van der Waals surface area contributed by atoms with Crippen molar-refractivity contribution in [3.63, 3.8) is 0 Å². The number of halogens is 1. The molecule has 9 heteroatoms. The summed E-state index contributed by atoms with van der Waals surface area (Å²) in [5.74, 6) is 1.34. The fraction of sp³-hybridized carbons (Fsp3) is 0.172. The molecule has 0 aliphatic heterocycles. The zero-order chi connectivity index (χ0) is 27.7. The highest BCUT2D eigenvalue weighted by atomic mass is 35.5. The van der Waals surface area contributed by atoms with Gasteiger partial charge in [-0.25, -0.2) is 9.97 Å². The van der Waals surface area contributed by atoms with Crippen molar-refractivity contribution < 1.29 is 0 Å². The summed E-state index contributed by atoms with van der Waals surface area (Å²) in [5, 5.41) is 0.905. The lowest BCUT2D eigenvalue weighted by Gasteiger charge is -2.12.